The van der Waals surface area contributed by atoms with Crippen LogP contribution in [-0.4, -0.2) is 37.2 Å². The first-order chi connectivity index (χ1) is 35.5. The third-order valence-corrected chi connectivity index (χ3v) is 14.1. The lowest BCUT2D eigenvalue weighted by molar-refractivity contribution is -0.167. The van der Waals surface area contributed by atoms with Crippen LogP contribution in [0.5, 0.6) is 0 Å². The van der Waals surface area contributed by atoms with Gasteiger partial charge in [0.25, 0.3) is 0 Å². The smallest absolute Gasteiger partial charge is 0.306 e. The van der Waals surface area contributed by atoms with Crippen molar-refractivity contribution in [2.24, 2.45) is 0 Å². The molecule has 0 saturated heterocycles. The minimum atomic E-state index is -0.765. The Kier molecular flexibility index (Phi) is 58.7. The molecule has 0 aliphatic heterocycles. The summed E-state index contributed by atoms with van der Waals surface area (Å²) in [5, 5.41) is 0. The number of esters is 3. The van der Waals surface area contributed by atoms with E-state index in [2.05, 4.69) is 69.4 Å². The molecule has 0 saturated carbocycles. The van der Waals surface area contributed by atoms with E-state index in [0.29, 0.717) is 19.3 Å². The zero-order chi connectivity index (χ0) is 52.2. The molecule has 420 valence electrons. The second-order valence-corrected chi connectivity index (χ2v) is 21.3. The van der Waals surface area contributed by atoms with Crippen molar-refractivity contribution >= 4 is 17.9 Å². The summed E-state index contributed by atoms with van der Waals surface area (Å²) in [4.78, 5) is 38.1. The number of carbonyl (C=O) groups excluding carboxylic acids is 3. The summed E-state index contributed by atoms with van der Waals surface area (Å²) < 4.78 is 16.9. The molecular weight excluding hydrogens is 889 g/mol. The summed E-state index contributed by atoms with van der Waals surface area (Å²) >= 11 is 0. The SMILES string of the molecule is CC/C=C\C/C=C\C/C=C\C/C=C\CCCCCCCCCCCCCCCCCCCCC(=O)OCC(COC(=O)CCCCCCCCCCCCC)OC(=O)CCCCCCCCCCCCCC. The van der Waals surface area contributed by atoms with Gasteiger partial charge < -0.3 is 14.2 Å². The van der Waals surface area contributed by atoms with Gasteiger partial charge in [0.05, 0.1) is 0 Å². The maximum absolute atomic E-state index is 12.8. The Balaban J connectivity index is 4.05. The Bertz CT molecular complexity index is 1250. The van der Waals surface area contributed by atoms with Crippen molar-refractivity contribution in [3.8, 4) is 0 Å². The molecular formula is C66H120O6. The minimum Gasteiger partial charge on any atom is -0.462 e. The largest absolute Gasteiger partial charge is 0.462 e. The number of ether oxygens (including phenoxy) is 3. The number of carbonyl (C=O) groups is 3. The molecule has 6 heteroatoms. The van der Waals surface area contributed by atoms with Crippen LogP contribution in [0.4, 0.5) is 0 Å². The predicted octanol–water partition coefficient (Wildman–Crippen LogP) is 21.4. The van der Waals surface area contributed by atoms with Gasteiger partial charge in [-0.05, 0) is 57.8 Å². The zero-order valence-electron chi connectivity index (χ0n) is 48.2. The number of allylic oxidation sites excluding steroid dienone is 8. The van der Waals surface area contributed by atoms with Crippen LogP contribution < -0.4 is 0 Å². The summed E-state index contributed by atoms with van der Waals surface area (Å²) in [5.74, 6) is -0.846. The molecule has 0 heterocycles. The van der Waals surface area contributed by atoms with Crippen molar-refractivity contribution in [2.75, 3.05) is 13.2 Å². The van der Waals surface area contributed by atoms with Crippen LogP contribution in [0.25, 0.3) is 0 Å². The van der Waals surface area contributed by atoms with Crippen molar-refractivity contribution in [3.63, 3.8) is 0 Å². The predicted molar refractivity (Wildman–Crippen MR) is 312 cm³/mol. The second kappa shape index (κ2) is 60.9. The topological polar surface area (TPSA) is 78.9 Å². The number of unbranched alkanes of at least 4 members (excludes halogenated alkanes) is 39. The fourth-order valence-corrected chi connectivity index (χ4v) is 9.38. The number of hydrogen-bond donors (Lipinski definition) is 0. The van der Waals surface area contributed by atoms with E-state index >= 15 is 0 Å². The molecule has 0 rings (SSSR count). The van der Waals surface area contributed by atoms with Crippen LogP contribution in [-0.2, 0) is 28.6 Å². The highest BCUT2D eigenvalue weighted by atomic mass is 16.6. The van der Waals surface area contributed by atoms with Gasteiger partial charge in [-0.3, -0.25) is 14.4 Å². The van der Waals surface area contributed by atoms with Crippen molar-refractivity contribution in [1.82, 2.24) is 0 Å². The first kappa shape index (κ1) is 69.4. The molecule has 0 aromatic rings. The van der Waals surface area contributed by atoms with Crippen molar-refractivity contribution < 1.29 is 28.6 Å². The standard InChI is InChI=1S/C66H120O6/c1-4-7-10-13-16-19-22-24-25-26-27-28-29-30-31-32-33-34-35-36-37-38-39-40-41-42-45-47-50-53-56-59-65(68)71-62-63(61-70-64(67)58-55-52-49-46-43-21-18-15-12-9-6-3)72-66(69)60-57-54-51-48-44-23-20-17-14-11-8-5-2/h7,10,16,19,24-25,27-28,63H,4-6,8-9,11-15,17-18,20-23,26,29-62H2,1-3H3/b10-7-,19-16-,25-24-,28-27-. The second-order valence-electron chi connectivity index (χ2n) is 21.3. The lowest BCUT2D eigenvalue weighted by atomic mass is 10.0. The molecule has 1 atom stereocenters. The molecule has 0 fully saturated rings. The summed E-state index contributed by atoms with van der Waals surface area (Å²) in [6, 6.07) is 0. The maximum atomic E-state index is 12.8. The van der Waals surface area contributed by atoms with Gasteiger partial charge >= 0.3 is 17.9 Å². The molecule has 6 nitrogen and oxygen atoms in total. The average molecular weight is 1010 g/mol. The van der Waals surface area contributed by atoms with E-state index in [0.717, 1.165) is 83.5 Å². The first-order valence-electron chi connectivity index (χ1n) is 31.6. The van der Waals surface area contributed by atoms with Gasteiger partial charge in [-0.1, -0.05) is 307 Å². The Morgan fingerprint density at radius 3 is 0.847 bits per heavy atom. The van der Waals surface area contributed by atoms with Crippen molar-refractivity contribution in [1.29, 1.82) is 0 Å². The summed E-state index contributed by atoms with van der Waals surface area (Å²) in [6.45, 7) is 6.56. The molecule has 0 bridgehead atoms. The monoisotopic (exact) mass is 1010 g/mol. The van der Waals surface area contributed by atoms with Gasteiger partial charge in [-0.15, -0.1) is 0 Å². The first-order valence-corrected chi connectivity index (χ1v) is 31.6. The van der Waals surface area contributed by atoms with Gasteiger partial charge in [0, 0.05) is 19.3 Å². The van der Waals surface area contributed by atoms with E-state index in [1.165, 1.54) is 212 Å². The van der Waals surface area contributed by atoms with Gasteiger partial charge in [0.1, 0.15) is 13.2 Å². The van der Waals surface area contributed by atoms with Gasteiger partial charge in [-0.25, -0.2) is 0 Å². The molecule has 0 aromatic heterocycles. The molecule has 1 unspecified atom stereocenters. The van der Waals surface area contributed by atoms with Crippen molar-refractivity contribution in [2.45, 2.75) is 341 Å². The average Bonchev–Trinajstić information content (AvgIpc) is 3.38. The number of hydrogen-bond acceptors (Lipinski definition) is 6. The summed E-state index contributed by atoms with van der Waals surface area (Å²) in [6.07, 6.45) is 75.6. The van der Waals surface area contributed by atoms with Crippen LogP contribution in [0, 0.1) is 0 Å². The highest BCUT2D eigenvalue weighted by Gasteiger charge is 2.19. The lowest BCUT2D eigenvalue weighted by Crippen LogP contribution is -2.30. The van der Waals surface area contributed by atoms with E-state index in [9.17, 15) is 14.4 Å². The van der Waals surface area contributed by atoms with Gasteiger partial charge in [0.2, 0.25) is 0 Å². The molecule has 0 N–H and O–H groups in total. The van der Waals surface area contributed by atoms with Crippen molar-refractivity contribution in [3.05, 3.63) is 48.6 Å². The third-order valence-electron chi connectivity index (χ3n) is 14.1. The molecule has 0 aliphatic carbocycles. The highest BCUT2D eigenvalue weighted by Crippen LogP contribution is 2.18. The van der Waals surface area contributed by atoms with Crippen LogP contribution in [0.2, 0.25) is 0 Å². The van der Waals surface area contributed by atoms with E-state index < -0.39 is 6.10 Å². The Morgan fingerprint density at radius 2 is 0.542 bits per heavy atom. The van der Waals surface area contributed by atoms with Crippen LogP contribution in [0.3, 0.4) is 0 Å². The van der Waals surface area contributed by atoms with E-state index in [4.69, 9.17) is 14.2 Å². The van der Waals surface area contributed by atoms with Crippen LogP contribution in [0.1, 0.15) is 335 Å². The minimum absolute atomic E-state index is 0.0658. The Hall–Kier alpha value is -2.63. The molecule has 0 radical (unpaired) electrons. The molecule has 0 spiro atoms. The van der Waals surface area contributed by atoms with Crippen LogP contribution in [0.15, 0.2) is 48.6 Å². The fourth-order valence-electron chi connectivity index (χ4n) is 9.38. The molecule has 0 amide bonds. The quantitative estimate of drug-likeness (QED) is 0.0261. The molecule has 0 aliphatic rings. The number of rotatable bonds is 58. The van der Waals surface area contributed by atoms with Gasteiger partial charge in [0.15, 0.2) is 6.10 Å². The van der Waals surface area contributed by atoms with E-state index in [1.54, 1.807) is 0 Å². The van der Waals surface area contributed by atoms with E-state index in [-0.39, 0.29) is 31.1 Å². The summed E-state index contributed by atoms with van der Waals surface area (Å²) in [7, 11) is 0. The van der Waals surface area contributed by atoms with Crippen LogP contribution >= 0.6 is 0 Å². The van der Waals surface area contributed by atoms with Gasteiger partial charge in [-0.2, -0.15) is 0 Å². The Morgan fingerprint density at radius 1 is 0.292 bits per heavy atom. The normalized spacial score (nSPS) is 12.3. The summed E-state index contributed by atoms with van der Waals surface area (Å²) in [5.41, 5.74) is 0. The lowest BCUT2D eigenvalue weighted by Gasteiger charge is -2.18. The third kappa shape index (κ3) is 58.3. The van der Waals surface area contributed by atoms with E-state index in [1.807, 2.05) is 0 Å². The Labute approximate surface area is 448 Å². The molecule has 0 aromatic carbocycles. The molecule has 72 heavy (non-hydrogen) atoms. The zero-order valence-corrected chi connectivity index (χ0v) is 48.2. The highest BCUT2D eigenvalue weighted by molar-refractivity contribution is 5.71. The fraction of sp³-hybridized carbons (Fsp3) is 0.833. The maximum Gasteiger partial charge on any atom is 0.306 e.